The van der Waals surface area contributed by atoms with Gasteiger partial charge < -0.3 is 24.8 Å². The van der Waals surface area contributed by atoms with Gasteiger partial charge in [-0.3, -0.25) is 9.89 Å². The first-order valence-corrected chi connectivity index (χ1v) is 11.4. The maximum Gasteiger partial charge on any atom is 0.191 e. The van der Waals surface area contributed by atoms with Crippen molar-refractivity contribution in [2.75, 3.05) is 66.3 Å². The molecular weight excluding hydrogens is 531 g/mol. The first-order valence-electron chi connectivity index (χ1n) is 11.0. The van der Waals surface area contributed by atoms with Crippen molar-refractivity contribution in [3.8, 4) is 0 Å². The monoisotopic (exact) mass is 566 g/mol. The van der Waals surface area contributed by atoms with Crippen molar-refractivity contribution < 1.29 is 14.2 Å². The van der Waals surface area contributed by atoms with E-state index in [1.54, 1.807) is 7.05 Å². The number of rotatable bonds is 10. The molecule has 0 saturated carbocycles. The third kappa shape index (κ3) is 9.01. The first kappa shape index (κ1) is 26.6. The molecule has 3 rings (SSSR count). The summed E-state index contributed by atoms with van der Waals surface area (Å²) in [6.45, 7) is 7.11. The molecule has 0 spiro atoms. The van der Waals surface area contributed by atoms with Crippen LogP contribution in [-0.2, 0) is 14.2 Å². The van der Waals surface area contributed by atoms with Crippen LogP contribution in [0.5, 0.6) is 0 Å². The highest BCUT2D eigenvalue weighted by molar-refractivity contribution is 14.0. The highest BCUT2D eigenvalue weighted by Crippen LogP contribution is 2.27. The second-order valence-electron chi connectivity index (χ2n) is 7.63. The van der Waals surface area contributed by atoms with E-state index in [1.807, 2.05) is 18.2 Å². The Balaban J connectivity index is 0.00000341. The molecular formula is C22H36ClIN4O3. The smallest absolute Gasteiger partial charge is 0.191 e. The highest BCUT2D eigenvalue weighted by Gasteiger charge is 2.24. The SMILES string of the molecule is CN=C(NCCCOCC1CCCO1)NCC(c1ccccc1Cl)N1CCOCC1.I. The van der Waals surface area contributed by atoms with Crippen LogP contribution in [0.3, 0.4) is 0 Å². The Morgan fingerprint density at radius 2 is 2.06 bits per heavy atom. The molecule has 1 aromatic rings. The van der Waals surface area contributed by atoms with E-state index in [0.29, 0.717) is 6.61 Å². The van der Waals surface area contributed by atoms with Crippen molar-refractivity contribution in [2.45, 2.75) is 31.4 Å². The number of guanidine groups is 1. The van der Waals surface area contributed by atoms with Gasteiger partial charge in [0.2, 0.25) is 0 Å². The van der Waals surface area contributed by atoms with Crippen molar-refractivity contribution in [1.29, 1.82) is 0 Å². The van der Waals surface area contributed by atoms with Gasteiger partial charge in [0.25, 0.3) is 0 Å². The van der Waals surface area contributed by atoms with E-state index in [2.05, 4.69) is 26.6 Å². The number of ether oxygens (including phenoxy) is 3. The van der Waals surface area contributed by atoms with Gasteiger partial charge in [-0.2, -0.15) is 0 Å². The predicted molar refractivity (Wildman–Crippen MR) is 136 cm³/mol. The molecule has 0 aliphatic carbocycles. The zero-order chi connectivity index (χ0) is 21.0. The minimum atomic E-state index is 0. The number of hydrogen-bond donors (Lipinski definition) is 2. The number of halogens is 2. The maximum atomic E-state index is 6.51. The zero-order valence-electron chi connectivity index (χ0n) is 18.4. The molecule has 0 aromatic heterocycles. The Hall–Kier alpha value is -0.650. The Kier molecular flexibility index (Phi) is 13.1. The Bertz CT molecular complexity index is 655. The summed E-state index contributed by atoms with van der Waals surface area (Å²) >= 11 is 6.51. The Morgan fingerprint density at radius 1 is 1.26 bits per heavy atom. The molecule has 9 heteroatoms. The van der Waals surface area contributed by atoms with Gasteiger partial charge in [0.15, 0.2) is 5.96 Å². The van der Waals surface area contributed by atoms with E-state index in [-0.39, 0.29) is 36.1 Å². The largest absolute Gasteiger partial charge is 0.379 e. The van der Waals surface area contributed by atoms with Gasteiger partial charge in [-0.1, -0.05) is 29.8 Å². The first-order chi connectivity index (χ1) is 14.8. The second kappa shape index (κ2) is 15.2. The molecule has 2 aliphatic rings. The number of benzene rings is 1. The summed E-state index contributed by atoms with van der Waals surface area (Å²) in [6, 6.07) is 8.23. The Labute approximate surface area is 208 Å². The van der Waals surface area contributed by atoms with Crippen LogP contribution in [0.1, 0.15) is 30.9 Å². The van der Waals surface area contributed by atoms with E-state index in [1.165, 1.54) is 0 Å². The minimum Gasteiger partial charge on any atom is -0.379 e. The molecule has 2 aliphatic heterocycles. The Morgan fingerprint density at radius 3 is 2.77 bits per heavy atom. The van der Waals surface area contributed by atoms with Crippen LogP contribution in [0.4, 0.5) is 0 Å². The second-order valence-corrected chi connectivity index (χ2v) is 8.04. The van der Waals surface area contributed by atoms with Gasteiger partial charge >= 0.3 is 0 Å². The molecule has 2 saturated heterocycles. The summed E-state index contributed by atoms with van der Waals surface area (Å²) in [5.41, 5.74) is 1.13. The van der Waals surface area contributed by atoms with Crippen LogP contribution in [-0.4, -0.2) is 83.2 Å². The van der Waals surface area contributed by atoms with Gasteiger partial charge in [-0.25, -0.2) is 0 Å². The maximum absolute atomic E-state index is 6.51. The summed E-state index contributed by atoms with van der Waals surface area (Å²) in [5, 5.41) is 7.63. The average molecular weight is 567 g/mol. The molecule has 0 radical (unpaired) electrons. The van der Waals surface area contributed by atoms with E-state index in [9.17, 15) is 0 Å². The van der Waals surface area contributed by atoms with E-state index in [4.69, 9.17) is 25.8 Å². The number of aliphatic imine (C=N–C) groups is 1. The van der Waals surface area contributed by atoms with Gasteiger partial charge in [0.05, 0.1) is 32.0 Å². The third-order valence-electron chi connectivity index (χ3n) is 5.52. The minimum absolute atomic E-state index is 0. The fraction of sp³-hybridized carbons (Fsp3) is 0.682. The van der Waals surface area contributed by atoms with Crippen LogP contribution in [0.25, 0.3) is 0 Å². The lowest BCUT2D eigenvalue weighted by Gasteiger charge is -2.35. The normalized spacial score (nSPS) is 20.8. The van der Waals surface area contributed by atoms with Crippen LogP contribution in [0.15, 0.2) is 29.3 Å². The lowest BCUT2D eigenvalue weighted by Crippen LogP contribution is -2.46. The van der Waals surface area contributed by atoms with E-state index < -0.39 is 0 Å². The molecule has 176 valence electrons. The standard InChI is InChI=1S/C22H35ClN4O3.HI/c1-24-22(25-9-5-12-29-17-18-6-4-13-30-18)26-16-21(27-10-14-28-15-11-27)19-7-2-3-8-20(19)23;/h2-3,7-8,18,21H,4-6,9-17H2,1H3,(H2,24,25,26);1H. The van der Waals surface area contributed by atoms with E-state index in [0.717, 1.165) is 88.4 Å². The molecule has 31 heavy (non-hydrogen) atoms. The van der Waals surface area contributed by atoms with Crippen molar-refractivity contribution in [1.82, 2.24) is 15.5 Å². The predicted octanol–water partition coefficient (Wildman–Crippen LogP) is 3.08. The summed E-state index contributed by atoms with van der Waals surface area (Å²) in [6.07, 6.45) is 3.47. The fourth-order valence-electron chi connectivity index (χ4n) is 3.86. The quantitative estimate of drug-likeness (QED) is 0.196. The molecule has 2 unspecified atom stereocenters. The number of hydrogen-bond acceptors (Lipinski definition) is 5. The highest BCUT2D eigenvalue weighted by atomic mass is 127. The molecule has 0 bridgehead atoms. The lowest BCUT2D eigenvalue weighted by molar-refractivity contribution is 0.0166. The lowest BCUT2D eigenvalue weighted by atomic mass is 10.0. The van der Waals surface area contributed by atoms with Crippen molar-refractivity contribution in [3.05, 3.63) is 34.9 Å². The van der Waals surface area contributed by atoms with Crippen LogP contribution in [0.2, 0.25) is 5.02 Å². The summed E-state index contributed by atoms with van der Waals surface area (Å²) in [5.74, 6) is 0.791. The molecule has 0 amide bonds. The van der Waals surface area contributed by atoms with Crippen LogP contribution >= 0.6 is 35.6 Å². The van der Waals surface area contributed by atoms with Gasteiger partial charge in [0.1, 0.15) is 0 Å². The van der Waals surface area contributed by atoms with Gasteiger partial charge in [0, 0.05) is 51.5 Å². The number of morpholine rings is 1. The molecule has 2 N–H and O–H groups in total. The molecule has 1 aromatic carbocycles. The van der Waals surface area contributed by atoms with Gasteiger partial charge in [-0.05, 0) is 30.9 Å². The summed E-state index contributed by atoms with van der Waals surface area (Å²) < 4.78 is 16.8. The van der Waals surface area contributed by atoms with Crippen molar-refractivity contribution in [2.24, 2.45) is 4.99 Å². The summed E-state index contributed by atoms with van der Waals surface area (Å²) in [7, 11) is 1.79. The molecule has 2 atom stereocenters. The molecule has 7 nitrogen and oxygen atoms in total. The summed E-state index contributed by atoms with van der Waals surface area (Å²) in [4.78, 5) is 6.78. The average Bonchev–Trinajstić information content (AvgIpc) is 3.30. The molecule has 2 fully saturated rings. The molecule has 2 heterocycles. The topological polar surface area (TPSA) is 67.4 Å². The third-order valence-corrected chi connectivity index (χ3v) is 5.87. The zero-order valence-corrected chi connectivity index (χ0v) is 21.4. The van der Waals surface area contributed by atoms with Gasteiger partial charge in [-0.15, -0.1) is 24.0 Å². The number of nitrogens with zero attached hydrogens (tertiary/aromatic N) is 2. The number of nitrogens with one attached hydrogen (secondary N) is 2. The van der Waals surface area contributed by atoms with Crippen LogP contribution in [0, 0.1) is 0 Å². The van der Waals surface area contributed by atoms with Crippen molar-refractivity contribution in [3.63, 3.8) is 0 Å². The van der Waals surface area contributed by atoms with Crippen molar-refractivity contribution >= 4 is 41.5 Å². The fourth-order valence-corrected chi connectivity index (χ4v) is 4.12. The van der Waals surface area contributed by atoms with E-state index >= 15 is 0 Å². The van der Waals surface area contributed by atoms with Crippen LogP contribution < -0.4 is 10.6 Å².